The van der Waals surface area contributed by atoms with Crippen LogP contribution < -0.4 is 5.32 Å². The van der Waals surface area contributed by atoms with Crippen molar-refractivity contribution in [3.63, 3.8) is 0 Å². The molecule has 18 heavy (non-hydrogen) atoms. The van der Waals surface area contributed by atoms with Gasteiger partial charge in [-0.15, -0.1) is 10.2 Å². The summed E-state index contributed by atoms with van der Waals surface area (Å²) < 4.78 is 0. The molecule has 1 amide bonds. The Morgan fingerprint density at radius 1 is 1.22 bits per heavy atom. The Morgan fingerprint density at radius 2 is 1.94 bits per heavy atom. The predicted octanol–water partition coefficient (Wildman–Crippen LogP) is 2.74. The summed E-state index contributed by atoms with van der Waals surface area (Å²) in [5, 5.41) is 19.0. The molecule has 0 aliphatic carbocycles. The number of benzene rings is 1. The molecule has 0 atom stereocenters. The van der Waals surface area contributed by atoms with Crippen molar-refractivity contribution in [2.24, 2.45) is 0 Å². The molecule has 0 fully saturated rings. The highest BCUT2D eigenvalue weighted by atomic mass is 35.5. The van der Waals surface area contributed by atoms with Gasteiger partial charge in [0.25, 0.3) is 5.91 Å². The molecule has 7 heteroatoms. The molecule has 0 unspecified atom stereocenters. The summed E-state index contributed by atoms with van der Waals surface area (Å²) in [6, 6.07) is 7.62. The number of carbonyl (C=O) groups is 1. The van der Waals surface area contributed by atoms with Crippen LogP contribution in [0, 0.1) is 0 Å². The Hall–Kier alpha value is -1.85. The van der Waals surface area contributed by atoms with Gasteiger partial charge in [-0.2, -0.15) is 0 Å². The number of nitrogens with one attached hydrogen (secondary N) is 1. The van der Waals surface area contributed by atoms with Gasteiger partial charge in [-0.05, 0) is 18.2 Å². The number of amides is 1. The number of hydrogen-bond donors (Lipinski definition) is 2. The first-order valence-electron chi connectivity index (χ1n) is 4.86. The number of phenolic OH excluding ortho intramolecular Hbond substituents is 1. The Kier molecular flexibility index (Phi) is 3.64. The minimum Gasteiger partial charge on any atom is -0.506 e. The van der Waals surface area contributed by atoms with Crippen LogP contribution in [0.5, 0.6) is 5.75 Å². The van der Waals surface area contributed by atoms with Crippen molar-refractivity contribution in [1.82, 2.24) is 10.2 Å². The van der Waals surface area contributed by atoms with Crippen LogP contribution in [0.1, 0.15) is 10.4 Å². The van der Waals surface area contributed by atoms with E-state index in [0.717, 1.165) is 0 Å². The number of aromatic hydroxyl groups is 1. The van der Waals surface area contributed by atoms with Gasteiger partial charge in [-0.3, -0.25) is 4.79 Å². The lowest BCUT2D eigenvalue weighted by molar-refractivity contribution is 0.102. The number of para-hydroxylation sites is 2. The molecule has 0 saturated heterocycles. The number of phenols is 1. The summed E-state index contributed by atoms with van der Waals surface area (Å²) in [6.45, 7) is 0. The van der Waals surface area contributed by atoms with Gasteiger partial charge in [0.1, 0.15) is 5.75 Å². The first-order chi connectivity index (χ1) is 8.58. The maximum Gasteiger partial charge on any atom is 0.259 e. The van der Waals surface area contributed by atoms with Crippen LogP contribution in [0.15, 0.2) is 30.3 Å². The van der Waals surface area contributed by atoms with E-state index in [4.69, 9.17) is 23.2 Å². The smallest absolute Gasteiger partial charge is 0.259 e. The molecule has 1 aromatic carbocycles. The molecule has 0 spiro atoms. The van der Waals surface area contributed by atoms with Crippen molar-refractivity contribution < 1.29 is 9.90 Å². The molecule has 0 bridgehead atoms. The summed E-state index contributed by atoms with van der Waals surface area (Å²) in [4.78, 5) is 11.9. The average Bonchev–Trinajstić information content (AvgIpc) is 2.35. The highest BCUT2D eigenvalue weighted by Crippen LogP contribution is 2.23. The summed E-state index contributed by atoms with van der Waals surface area (Å²) in [7, 11) is 0. The fourth-order valence-electron chi connectivity index (χ4n) is 1.28. The van der Waals surface area contributed by atoms with Gasteiger partial charge in [-0.1, -0.05) is 35.3 Å². The minimum atomic E-state index is -0.529. The van der Waals surface area contributed by atoms with Crippen molar-refractivity contribution in [3.8, 4) is 5.75 Å². The van der Waals surface area contributed by atoms with E-state index in [1.54, 1.807) is 18.2 Å². The van der Waals surface area contributed by atoms with E-state index in [2.05, 4.69) is 15.5 Å². The zero-order valence-corrected chi connectivity index (χ0v) is 10.4. The van der Waals surface area contributed by atoms with E-state index >= 15 is 0 Å². The molecule has 0 aliphatic heterocycles. The van der Waals surface area contributed by atoms with E-state index < -0.39 is 5.91 Å². The lowest BCUT2D eigenvalue weighted by atomic mass is 10.2. The zero-order chi connectivity index (χ0) is 13.1. The fraction of sp³-hybridized carbons (Fsp3) is 0. The van der Waals surface area contributed by atoms with Gasteiger partial charge in [0.15, 0.2) is 10.3 Å². The van der Waals surface area contributed by atoms with Crippen LogP contribution in [0.3, 0.4) is 0 Å². The number of anilines is 1. The third kappa shape index (κ3) is 2.69. The van der Waals surface area contributed by atoms with Gasteiger partial charge in [0.05, 0.1) is 11.3 Å². The van der Waals surface area contributed by atoms with Gasteiger partial charge in [-0.25, -0.2) is 0 Å². The van der Waals surface area contributed by atoms with Gasteiger partial charge < -0.3 is 10.4 Å². The molecule has 0 saturated carbocycles. The maximum atomic E-state index is 11.9. The number of carbonyl (C=O) groups excluding carboxylic acids is 1. The normalized spacial score (nSPS) is 10.1. The number of aromatic nitrogens is 2. The largest absolute Gasteiger partial charge is 0.506 e. The molecular formula is C11H7Cl2N3O2. The molecular weight excluding hydrogens is 277 g/mol. The first-order valence-corrected chi connectivity index (χ1v) is 5.61. The van der Waals surface area contributed by atoms with Crippen LogP contribution in [-0.4, -0.2) is 21.2 Å². The van der Waals surface area contributed by atoms with E-state index in [9.17, 15) is 9.90 Å². The lowest BCUT2D eigenvalue weighted by Gasteiger charge is -2.07. The average molecular weight is 284 g/mol. The van der Waals surface area contributed by atoms with Crippen LogP contribution in [-0.2, 0) is 0 Å². The number of hydrogen-bond acceptors (Lipinski definition) is 4. The standard InChI is InChI=1S/C11H7Cl2N3O2/c12-9-5-6(10(13)16-15-9)11(18)14-7-3-1-2-4-8(7)17/h1-5,17H,(H,14,18). The van der Waals surface area contributed by atoms with E-state index in [-0.39, 0.29) is 27.3 Å². The SMILES string of the molecule is O=C(Nc1ccccc1O)c1cc(Cl)nnc1Cl. The summed E-state index contributed by atoms with van der Waals surface area (Å²) in [6.07, 6.45) is 0. The van der Waals surface area contributed by atoms with E-state index in [1.807, 2.05) is 0 Å². The van der Waals surface area contributed by atoms with E-state index in [1.165, 1.54) is 12.1 Å². The van der Waals surface area contributed by atoms with Crippen molar-refractivity contribution in [1.29, 1.82) is 0 Å². The molecule has 92 valence electrons. The van der Waals surface area contributed by atoms with Crippen molar-refractivity contribution in [3.05, 3.63) is 46.2 Å². The first kappa shape index (κ1) is 12.6. The van der Waals surface area contributed by atoms with Gasteiger partial charge in [0, 0.05) is 0 Å². The Labute approximate surface area is 112 Å². The fourth-order valence-corrected chi connectivity index (χ4v) is 1.61. The van der Waals surface area contributed by atoms with Crippen LogP contribution in [0.4, 0.5) is 5.69 Å². The summed E-state index contributed by atoms with van der Waals surface area (Å²) in [5.41, 5.74) is 0.353. The third-order valence-electron chi connectivity index (χ3n) is 2.12. The zero-order valence-electron chi connectivity index (χ0n) is 8.89. The van der Waals surface area contributed by atoms with Crippen molar-refractivity contribution >= 4 is 34.8 Å². The number of halogens is 2. The second kappa shape index (κ2) is 5.20. The van der Waals surface area contributed by atoms with Crippen molar-refractivity contribution in [2.75, 3.05) is 5.32 Å². The van der Waals surface area contributed by atoms with Crippen molar-refractivity contribution in [2.45, 2.75) is 0 Å². The quantitative estimate of drug-likeness (QED) is 0.831. The Morgan fingerprint density at radius 3 is 2.67 bits per heavy atom. The highest BCUT2D eigenvalue weighted by Gasteiger charge is 2.14. The lowest BCUT2D eigenvalue weighted by Crippen LogP contribution is -2.13. The van der Waals surface area contributed by atoms with E-state index in [0.29, 0.717) is 0 Å². The second-order valence-corrected chi connectivity index (χ2v) is 4.09. The Bertz CT molecular complexity index is 605. The summed E-state index contributed by atoms with van der Waals surface area (Å²) >= 11 is 11.4. The van der Waals surface area contributed by atoms with Gasteiger partial charge >= 0.3 is 0 Å². The van der Waals surface area contributed by atoms with Crippen LogP contribution in [0.2, 0.25) is 10.3 Å². The monoisotopic (exact) mass is 283 g/mol. The van der Waals surface area contributed by atoms with Gasteiger partial charge in [0.2, 0.25) is 0 Å². The molecule has 2 N–H and O–H groups in total. The third-order valence-corrected chi connectivity index (χ3v) is 2.58. The minimum absolute atomic E-state index is 0.0462. The second-order valence-electron chi connectivity index (χ2n) is 3.34. The topological polar surface area (TPSA) is 75.1 Å². The molecule has 2 rings (SSSR count). The molecule has 0 radical (unpaired) electrons. The number of nitrogens with zero attached hydrogens (tertiary/aromatic N) is 2. The molecule has 2 aromatic rings. The maximum absolute atomic E-state index is 11.9. The van der Waals surface area contributed by atoms with Crippen LogP contribution >= 0.6 is 23.2 Å². The summed E-state index contributed by atoms with van der Waals surface area (Å²) in [5.74, 6) is -0.576. The molecule has 1 heterocycles. The molecule has 5 nitrogen and oxygen atoms in total. The molecule has 0 aliphatic rings. The predicted molar refractivity (Wildman–Crippen MR) is 68.1 cm³/mol. The highest BCUT2D eigenvalue weighted by molar-refractivity contribution is 6.34. The van der Waals surface area contributed by atoms with Crippen LogP contribution in [0.25, 0.3) is 0 Å². The Balaban J connectivity index is 2.28. The number of rotatable bonds is 2. The molecule has 1 aromatic heterocycles.